The minimum atomic E-state index is -1.54. The number of aliphatic hydroxyl groups excluding tert-OH is 2. The Kier molecular flexibility index (Phi) is 10.6. The molecule has 2 aromatic rings. The predicted octanol–water partition coefficient (Wildman–Crippen LogP) is 6.66. The van der Waals surface area contributed by atoms with Gasteiger partial charge in [0.2, 0.25) is 0 Å². The van der Waals surface area contributed by atoms with E-state index in [4.69, 9.17) is 0 Å². The van der Waals surface area contributed by atoms with E-state index in [1.54, 1.807) is 6.08 Å². The van der Waals surface area contributed by atoms with Crippen LogP contribution in [0.2, 0.25) is 0 Å². The van der Waals surface area contributed by atoms with E-state index in [1.165, 1.54) is 21.9 Å². The molecule has 0 unspecified atom stereocenters. The molecular formula is C42H55NO5. The SMILES string of the molecule is CN(C/C=C/C#CC(C)(C)C)Cc1cccc2ccccc12.C[C@]12CCC(=O)C=C1CC[C@@H]1[C@@H]2[C@@H](O)C[C@@]2(C)[C@H]1CC[C@]2(O)C(=O)CO. The first-order valence-electron chi connectivity index (χ1n) is 17.7. The van der Waals surface area contributed by atoms with E-state index in [-0.39, 0.29) is 34.4 Å². The van der Waals surface area contributed by atoms with E-state index in [0.29, 0.717) is 19.3 Å². The Balaban J connectivity index is 0.000000191. The molecule has 0 aliphatic heterocycles. The summed E-state index contributed by atoms with van der Waals surface area (Å²) in [4.78, 5) is 26.6. The smallest absolute Gasteiger partial charge is 0.190 e. The Morgan fingerprint density at radius 3 is 2.52 bits per heavy atom. The number of likely N-dealkylation sites (N-methyl/N-ethyl adjacent to an activating group) is 1. The van der Waals surface area contributed by atoms with Crippen molar-refractivity contribution in [1.82, 2.24) is 4.90 Å². The Bertz CT molecular complexity index is 1640. The zero-order valence-electron chi connectivity index (χ0n) is 29.8. The summed E-state index contributed by atoms with van der Waals surface area (Å²) in [6.45, 7) is 11.7. The van der Waals surface area contributed by atoms with Gasteiger partial charge in [-0.05, 0) is 118 Å². The molecule has 3 N–H and O–H groups in total. The van der Waals surface area contributed by atoms with Gasteiger partial charge in [-0.15, -0.1) is 0 Å². The third-order valence-electron chi connectivity index (χ3n) is 12.0. The molecule has 2 aromatic carbocycles. The highest BCUT2D eigenvalue weighted by molar-refractivity contribution is 5.92. The van der Waals surface area contributed by atoms with Crippen LogP contribution < -0.4 is 0 Å². The Morgan fingerprint density at radius 1 is 1.06 bits per heavy atom. The van der Waals surface area contributed by atoms with Gasteiger partial charge < -0.3 is 15.3 Å². The van der Waals surface area contributed by atoms with Gasteiger partial charge in [0.05, 0.1) is 6.10 Å². The summed E-state index contributed by atoms with van der Waals surface area (Å²) in [5, 5.41) is 34.4. The number of aliphatic hydroxyl groups is 3. The number of rotatable bonds is 6. The van der Waals surface area contributed by atoms with Crippen LogP contribution in [-0.2, 0) is 16.1 Å². The van der Waals surface area contributed by atoms with E-state index in [9.17, 15) is 24.9 Å². The van der Waals surface area contributed by atoms with Gasteiger partial charge in [-0.25, -0.2) is 0 Å². The summed E-state index contributed by atoms with van der Waals surface area (Å²) < 4.78 is 0. The van der Waals surface area contributed by atoms with Crippen molar-refractivity contribution in [2.45, 2.75) is 97.8 Å². The number of Topliss-reactive ketones (excluding diaryl/α,β-unsaturated/α-hetero) is 1. The maximum atomic E-state index is 12.4. The quantitative estimate of drug-likeness (QED) is 0.302. The second-order valence-electron chi connectivity index (χ2n) is 16.3. The summed E-state index contributed by atoms with van der Waals surface area (Å²) in [6, 6.07) is 15.1. The number of carbonyl (C=O) groups is 2. The highest BCUT2D eigenvalue weighted by atomic mass is 16.3. The maximum absolute atomic E-state index is 12.4. The van der Waals surface area contributed by atoms with E-state index < -0.39 is 29.5 Å². The van der Waals surface area contributed by atoms with Gasteiger partial charge in [0.25, 0.3) is 0 Å². The summed E-state index contributed by atoms with van der Waals surface area (Å²) in [6.07, 6.45) is 9.83. The van der Waals surface area contributed by atoms with Gasteiger partial charge in [0, 0.05) is 30.3 Å². The molecule has 0 saturated heterocycles. The molecule has 0 radical (unpaired) electrons. The third kappa shape index (κ3) is 6.98. The number of hydrogen-bond acceptors (Lipinski definition) is 6. The third-order valence-corrected chi connectivity index (χ3v) is 12.0. The number of nitrogens with zero attached hydrogens (tertiary/aromatic N) is 1. The largest absolute Gasteiger partial charge is 0.393 e. The average molecular weight is 654 g/mol. The molecule has 6 rings (SSSR count). The van der Waals surface area contributed by atoms with Gasteiger partial charge in [-0.3, -0.25) is 14.5 Å². The lowest BCUT2D eigenvalue weighted by Gasteiger charge is -2.60. The standard InChI is InChI=1S/C21H25N.C21H30O5/c1-21(2,3)15-8-5-9-16-22(4)17-19-13-10-12-18-11-6-7-14-20(18)19;1-19-7-5-13(23)9-12(19)3-4-14-15-6-8-21(26,17(25)11-22)20(15,2)10-16(24)18(14)19/h5-7,9-14H,16-17H2,1-4H3;9,14-16,18,22,24,26H,3-8,10-11H2,1-2H3/b9-5+;/t;14-,15-,16-,18+,19-,20-,21-/m.0/s1. The lowest BCUT2D eigenvalue weighted by atomic mass is 9.45. The Morgan fingerprint density at radius 2 is 1.79 bits per heavy atom. The number of fused-ring (bicyclic) bond motifs is 6. The summed E-state index contributed by atoms with van der Waals surface area (Å²) in [7, 11) is 2.14. The van der Waals surface area contributed by atoms with Crippen LogP contribution in [0.15, 0.2) is 66.3 Å². The molecule has 0 amide bonds. The minimum Gasteiger partial charge on any atom is -0.393 e. The molecule has 3 fully saturated rings. The Labute approximate surface area is 287 Å². The topological polar surface area (TPSA) is 98.1 Å². The molecule has 6 heteroatoms. The molecular weight excluding hydrogens is 598 g/mol. The summed E-state index contributed by atoms with van der Waals surface area (Å²) >= 11 is 0. The second kappa shape index (κ2) is 14.0. The first kappa shape index (κ1) is 36.2. The van der Waals surface area contributed by atoms with E-state index in [2.05, 4.69) is 100 Å². The second-order valence-corrected chi connectivity index (χ2v) is 16.3. The van der Waals surface area contributed by atoms with Gasteiger partial charge in [-0.2, -0.15) is 0 Å². The fourth-order valence-electron chi connectivity index (χ4n) is 9.62. The fourth-order valence-corrected chi connectivity index (χ4v) is 9.62. The molecule has 0 heterocycles. The van der Waals surface area contributed by atoms with Crippen molar-refractivity contribution in [2.24, 2.45) is 34.0 Å². The van der Waals surface area contributed by atoms with Crippen molar-refractivity contribution in [2.75, 3.05) is 20.2 Å². The highest BCUT2D eigenvalue weighted by Gasteiger charge is 2.68. The van der Waals surface area contributed by atoms with Crippen molar-refractivity contribution in [3.05, 3.63) is 71.8 Å². The van der Waals surface area contributed by atoms with E-state index in [0.717, 1.165) is 38.8 Å². The number of carbonyl (C=O) groups excluding carboxylic acids is 2. The zero-order valence-corrected chi connectivity index (χ0v) is 29.8. The number of ketones is 2. The van der Waals surface area contributed by atoms with Crippen molar-refractivity contribution >= 4 is 22.3 Å². The fraction of sp³-hybridized carbons (Fsp3) is 0.571. The summed E-state index contributed by atoms with van der Waals surface area (Å²) in [5.41, 5.74) is 0.207. The molecule has 258 valence electrons. The van der Waals surface area contributed by atoms with Crippen LogP contribution >= 0.6 is 0 Å². The molecule has 48 heavy (non-hydrogen) atoms. The molecule has 3 saturated carbocycles. The van der Waals surface area contributed by atoms with Gasteiger partial charge in [-0.1, -0.05) is 79.8 Å². The monoisotopic (exact) mass is 653 g/mol. The van der Waals surface area contributed by atoms with Crippen molar-refractivity contribution < 1.29 is 24.9 Å². The summed E-state index contributed by atoms with van der Waals surface area (Å²) in [5.74, 6) is 6.47. The zero-order chi connectivity index (χ0) is 34.9. The lowest BCUT2D eigenvalue weighted by Crippen LogP contribution is -2.62. The van der Waals surface area contributed by atoms with Crippen LogP contribution in [0.1, 0.15) is 85.1 Å². The maximum Gasteiger partial charge on any atom is 0.190 e. The molecule has 6 nitrogen and oxygen atoms in total. The normalized spacial score (nSPS) is 32.8. The molecule has 4 aliphatic carbocycles. The van der Waals surface area contributed by atoms with E-state index >= 15 is 0 Å². The lowest BCUT2D eigenvalue weighted by molar-refractivity contribution is -0.182. The molecule has 4 aliphatic rings. The number of hydrogen-bond donors (Lipinski definition) is 3. The molecule has 0 bridgehead atoms. The number of benzene rings is 2. The average Bonchev–Trinajstić information content (AvgIpc) is 3.31. The van der Waals surface area contributed by atoms with Gasteiger partial charge in [0.15, 0.2) is 11.6 Å². The first-order valence-corrected chi connectivity index (χ1v) is 17.7. The van der Waals surface area contributed by atoms with Crippen LogP contribution in [0.5, 0.6) is 0 Å². The van der Waals surface area contributed by atoms with Crippen LogP contribution in [0.3, 0.4) is 0 Å². The van der Waals surface area contributed by atoms with Crippen molar-refractivity contribution in [3.8, 4) is 11.8 Å². The van der Waals surface area contributed by atoms with Gasteiger partial charge >= 0.3 is 0 Å². The molecule has 0 spiro atoms. The van der Waals surface area contributed by atoms with Gasteiger partial charge in [0.1, 0.15) is 12.2 Å². The Hall–Kier alpha value is -3.08. The molecule has 7 atom stereocenters. The molecule has 0 aromatic heterocycles. The first-order chi connectivity index (χ1) is 22.6. The van der Waals surface area contributed by atoms with Crippen molar-refractivity contribution in [3.63, 3.8) is 0 Å². The minimum absolute atomic E-state index is 0.0686. The van der Waals surface area contributed by atoms with Crippen LogP contribution in [0, 0.1) is 45.8 Å². The van der Waals surface area contributed by atoms with Crippen LogP contribution in [0.4, 0.5) is 0 Å². The van der Waals surface area contributed by atoms with E-state index in [1.807, 2.05) is 13.0 Å². The van der Waals surface area contributed by atoms with Crippen molar-refractivity contribution in [1.29, 1.82) is 0 Å². The highest BCUT2D eigenvalue weighted by Crippen LogP contribution is 2.67. The number of allylic oxidation sites excluding steroid dienone is 2. The van der Waals surface area contributed by atoms with Crippen LogP contribution in [0.25, 0.3) is 10.8 Å². The predicted molar refractivity (Wildman–Crippen MR) is 192 cm³/mol. The van der Waals surface area contributed by atoms with Crippen LogP contribution in [-0.4, -0.2) is 63.7 Å².